The number of aromatic nitrogens is 2. The molecule has 0 saturated heterocycles. The van der Waals surface area contributed by atoms with Crippen molar-refractivity contribution >= 4 is 38.1 Å². The maximum Gasteiger partial charge on any atom is 0.290 e. The molecule has 0 aliphatic carbocycles. The SMILES string of the molecule is Cc1nsc(NS(=O)(=O)c2cc(NN)ccc2[N+](=O)[O-])n1. The fourth-order valence-corrected chi connectivity index (χ4v) is 3.47. The van der Waals surface area contributed by atoms with E-state index < -0.39 is 25.5 Å². The van der Waals surface area contributed by atoms with Gasteiger partial charge in [0.15, 0.2) is 4.90 Å². The molecule has 0 amide bonds. The van der Waals surface area contributed by atoms with Crippen molar-refractivity contribution in [3.8, 4) is 0 Å². The van der Waals surface area contributed by atoms with Crippen molar-refractivity contribution in [2.75, 3.05) is 10.1 Å². The van der Waals surface area contributed by atoms with E-state index >= 15 is 0 Å². The lowest BCUT2D eigenvalue weighted by Crippen LogP contribution is -2.16. The minimum absolute atomic E-state index is 0.0212. The van der Waals surface area contributed by atoms with Crippen LogP contribution in [0.25, 0.3) is 0 Å². The monoisotopic (exact) mass is 330 g/mol. The fourth-order valence-electron chi connectivity index (χ4n) is 1.48. The molecule has 0 aliphatic rings. The molecule has 0 atom stereocenters. The molecule has 12 heteroatoms. The van der Waals surface area contributed by atoms with Crippen LogP contribution in [-0.2, 0) is 10.0 Å². The van der Waals surface area contributed by atoms with Crippen molar-refractivity contribution in [3.05, 3.63) is 34.1 Å². The van der Waals surface area contributed by atoms with E-state index in [0.29, 0.717) is 5.82 Å². The second kappa shape index (κ2) is 5.59. The number of benzene rings is 1. The first-order valence-electron chi connectivity index (χ1n) is 5.41. The van der Waals surface area contributed by atoms with Gasteiger partial charge in [-0.3, -0.25) is 20.7 Å². The van der Waals surface area contributed by atoms with E-state index in [1.807, 2.05) is 0 Å². The van der Waals surface area contributed by atoms with Crippen molar-refractivity contribution in [2.24, 2.45) is 5.84 Å². The Morgan fingerprint density at radius 1 is 1.43 bits per heavy atom. The number of sulfonamides is 1. The highest BCUT2D eigenvalue weighted by molar-refractivity contribution is 7.93. The molecule has 4 N–H and O–H groups in total. The van der Waals surface area contributed by atoms with Gasteiger partial charge in [-0.2, -0.15) is 4.37 Å². The summed E-state index contributed by atoms with van der Waals surface area (Å²) in [7, 11) is -4.19. The topological polar surface area (TPSA) is 153 Å². The third-order valence-corrected chi connectivity index (χ3v) is 4.58. The summed E-state index contributed by atoms with van der Waals surface area (Å²) < 4.78 is 30.5. The number of hydrogen-bond donors (Lipinski definition) is 3. The van der Waals surface area contributed by atoms with Crippen molar-refractivity contribution in [1.29, 1.82) is 0 Å². The van der Waals surface area contributed by atoms with Crippen LogP contribution in [0.3, 0.4) is 0 Å². The summed E-state index contributed by atoms with van der Waals surface area (Å²) in [5.41, 5.74) is 1.88. The summed E-state index contributed by atoms with van der Waals surface area (Å²) in [4.78, 5) is 13.5. The molecular formula is C9H10N6O4S2. The maximum absolute atomic E-state index is 12.3. The van der Waals surface area contributed by atoms with E-state index in [0.717, 1.165) is 23.7 Å². The van der Waals surface area contributed by atoms with E-state index in [2.05, 4.69) is 19.5 Å². The first-order valence-corrected chi connectivity index (χ1v) is 7.67. The molecule has 0 unspecified atom stereocenters. The lowest BCUT2D eigenvalue weighted by molar-refractivity contribution is -0.387. The Morgan fingerprint density at radius 3 is 2.67 bits per heavy atom. The summed E-state index contributed by atoms with van der Waals surface area (Å²) in [6, 6.07) is 3.41. The largest absolute Gasteiger partial charge is 0.324 e. The Bertz CT molecular complexity index is 787. The van der Waals surface area contributed by atoms with Gasteiger partial charge < -0.3 is 5.43 Å². The zero-order chi connectivity index (χ0) is 15.6. The number of hydrazine groups is 1. The summed E-state index contributed by atoms with van der Waals surface area (Å²) in [6.45, 7) is 1.59. The number of nitro benzene ring substituents is 1. The van der Waals surface area contributed by atoms with Gasteiger partial charge in [0.2, 0.25) is 5.13 Å². The molecular weight excluding hydrogens is 320 g/mol. The van der Waals surface area contributed by atoms with Crippen molar-refractivity contribution in [2.45, 2.75) is 11.8 Å². The molecule has 2 aromatic rings. The predicted molar refractivity (Wildman–Crippen MR) is 76.4 cm³/mol. The Morgan fingerprint density at radius 2 is 2.14 bits per heavy atom. The van der Waals surface area contributed by atoms with Gasteiger partial charge in [0.25, 0.3) is 15.7 Å². The highest BCUT2D eigenvalue weighted by Crippen LogP contribution is 2.28. The average Bonchev–Trinajstić information content (AvgIpc) is 2.82. The van der Waals surface area contributed by atoms with Gasteiger partial charge in [-0.1, -0.05) is 0 Å². The van der Waals surface area contributed by atoms with Crippen LogP contribution in [0.2, 0.25) is 0 Å². The molecule has 1 heterocycles. The normalized spacial score (nSPS) is 11.1. The quantitative estimate of drug-likeness (QED) is 0.414. The maximum atomic E-state index is 12.3. The number of nitrogens with two attached hydrogens (primary N) is 1. The zero-order valence-corrected chi connectivity index (χ0v) is 12.2. The Balaban J connectivity index is 2.49. The van der Waals surface area contributed by atoms with Gasteiger partial charge in [0.05, 0.1) is 10.6 Å². The molecule has 2 rings (SSSR count). The summed E-state index contributed by atoms with van der Waals surface area (Å²) in [5.74, 6) is 5.58. The van der Waals surface area contributed by atoms with Gasteiger partial charge >= 0.3 is 0 Å². The summed E-state index contributed by atoms with van der Waals surface area (Å²) in [6.07, 6.45) is 0. The number of hydrogen-bond acceptors (Lipinski definition) is 9. The molecule has 112 valence electrons. The number of nitrogens with one attached hydrogen (secondary N) is 2. The number of nitro groups is 1. The van der Waals surface area contributed by atoms with Crippen LogP contribution in [0.4, 0.5) is 16.5 Å². The summed E-state index contributed by atoms with van der Waals surface area (Å²) >= 11 is 0.834. The van der Waals surface area contributed by atoms with Crippen LogP contribution in [-0.4, -0.2) is 22.7 Å². The molecule has 0 aliphatic heterocycles. The van der Waals surface area contributed by atoms with Gasteiger partial charge in [-0.15, -0.1) is 0 Å². The third-order valence-electron chi connectivity index (χ3n) is 2.36. The van der Waals surface area contributed by atoms with Crippen LogP contribution >= 0.6 is 11.5 Å². The minimum Gasteiger partial charge on any atom is -0.324 e. The lowest BCUT2D eigenvalue weighted by Gasteiger charge is -2.07. The second-order valence-corrected chi connectivity index (χ2v) is 6.24. The molecule has 1 aromatic heterocycles. The van der Waals surface area contributed by atoms with Gasteiger partial charge in [-0.05, 0) is 19.1 Å². The third kappa shape index (κ3) is 3.24. The number of rotatable bonds is 5. The Kier molecular flexibility index (Phi) is 4.02. The Hall–Kier alpha value is -2.31. The second-order valence-electron chi connectivity index (χ2n) is 3.84. The van der Waals surface area contributed by atoms with E-state index in [1.165, 1.54) is 6.07 Å². The molecule has 0 spiro atoms. The first-order chi connectivity index (χ1) is 9.83. The van der Waals surface area contributed by atoms with Gasteiger partial charge in [0.1, 0.15) is 5.82 Å². The molecule has 0 saturated carbocycles. The van der Waals surface area contributed by atoms with Crippen molar-refractivity contribution in [1.82, 2.24) is 9.36 Å². The highest BCUT2D eigenvalue weighted by atomic mass is 32.2. The van der Waals surface area contributed by atoms with E-state index in [9.17, 15) is 18.5 Å². The Labute approximate surface area is 123 Å². The molecule has 10 nitrogen and oxygen atoms in total. The standard InChI is InChI=1S/C9H10N6O4S2/c1-5-11-9(20-13-5)14-21(18,19)8-4-6(12-10)2-3-7(8)15(16)17/h2-4,12H,10H2,1H3,(H,11,13,14). The van der Waals surface area contributed by atoms with E-state index in [1.54, 1.807) is 6.92 Å². The molecule has 0 fully saturated rings. The predicted octanol–water partition coefficient (Wildman–Crippen LogP) is 0.841. The van der Waals surface area contributed by atoms with E-state index in [-0.39, 0.29) is 10.8 Å². The number of anilines is 2. The smallest absolute Gasteiger partial charge is 0.290 e. The molecule has 1 aromatic carbocycles. The van der Waals surface area contributed by atoms with Gasteiger partial charge in [0, 0.05) is 17.6 Å². The van der Waals surface area contributed by atoms with Crippen LogP contribution in [0.5, 0.6) is 0 Å². The molecule has 21 heavy (non-hydrogen) atoms. The molecule has 0 bridgehead atoms. The van der Waals surface area contributed by atoms with Gasteiger partial charge in [-0.25, -0.2) is 13.4 Å². The van der Waals surface area contributed by atoms with Crippen LogP contribution in [0, 0.1) is 17.0 Å². The molecule has 0 radical (unpaired) electrons. The zero-order valence-electron chi connectivity index (χ0n) is 10.6. The van der Waals surface area contributed by atoms with Crippen molar-refractivity contribution < 1.29 is 13.3 Å². The van der Waals surface area contributed by atoms with Crippen LogP contribution in [0.15, 0.2) is 23.1 Å². The fraction of sp³-hybridized carbons (Fsp3) is 0.111. The average molecular weight is 330 g/mol. The number of nitrogen functional groups attached to an aromatic ring is 1. The lowest BCUT2D eigenvalue weighted by atomic mass is 10.3. The van der Waals surface area contributed by atoms with Crippen molar-refractivity contribution in [3.63, 3.8) is 0 Å². The summed E-state index contributed by atoms with van der Waals surface area (Å²) in [5, 5.41) is 11.0. The highest BCUT2D eigenvalue weighted by Gasteiger charge is 2.27. The van der Waals surface area contributed by atoms with Crippen LogP contribution < -0.4 is 16.0 Å². The van der Waals surface area contributed by atoms with Crippen LogP contribution in [0.1, 0.15) is 5.82 Å². The van der Waals surface area contributed by atoms with E-state index in [4.69, 9.17) is 5.84 Å². The number of aryl methyl sites for hydroxylation is 1. The minimum atomic E-state index is -4.19. The first kappa shape index (κ1) is 15.1. The number of nitrogens with zero attached hydrogens (tertiary/aromatic N) is 3.